The molecule has 3 aliphatic rings. The quantitative estimate of drug-likeness (QED) is 0.776. The fourth-order valence-electron chi connectivity index (χ4n) is 4.01. The van der Waals surface area contributed by atoms with Gasteiger partial charge in [0.1, 0.15) is 0 Å². The lowest BCUT2D eigenvalue weighted by molar-refractivity contribution is -0.192. The SMILES string of the molecule is C=CCOC1C2CCC1N(C1CCCC1)CCO2.O=C(O)C(F)(F)F. The molecule has 0 radical (unpaired) electrons. The van der Waals surface area contributed by atoms with Gasteiger partial charge in [0, 0.05) is 18.6 Å². The zero-order chi connectivity index (χ0) is 18.4. The van der Waals surface area contributed by atoms with Crippen LogP contribution in [0.2, 0.25) is 0 Å². The minimum absolute atomic E-state index is 0.270. The Morgan fingerprint density at radius 2 is 1.92 bits per heavy atom. The fourth-order valence-corrected chi connectivity index (χ4v) is 4.01. The monoisotopic (exact) mass is 365 g/mol. The van der Waals surface area contributed by atoms with Gasteiger partial charge in [0.2, 0.25) is 0 Å². The standard InChI is InChI=1S/C15H25NO2.C2HF3O2/c1-2-10-18-15-13-7-8-14(15)17-11-9-16(13)12-5-3-4-6-12;3-2(4,5)1(6)7/h2,12-15H,1,3-11H2;(H,6,7). The smallest absolute Gasteiger partial charge is 0.475 e. The summed E-state index contributed by atoms with van der Waals surface area (Å²) in [5.74, 6) is -2.76. The molecule has 3 atom stereocenters. The number of alkyl halides is 3. The van der Waals surface area contributed by atoms with Crippen LogP contribution in [0.5, 0.6) is 0 Å². The largest absolute Gasteiger partial charge is 0.490 e. The van der Waals surface area contributed by atoms with E-state index in [1.54, 1.807) is 0 Å². The average Bonchev–Trinajstić information content (AvgIpc) is 3.14. The molecule has 2 aliphatic carbocycles. The van der Waals surface area contributed by atoms with Crippen LogP contribution in [0.3, 0.4) is 0 Å². The average molecular weight is 365 g/mol. The second-order valence-electron chi connectivity index (χ2n) is 6.62. The van der Waals surface area contributed by atoms with E-state index < -0.39 is 12.1 Å². The third-order valence-corrected chi connectivity index (χ3v) is 5.04. The van der Waals surface area contributed by atoms with Gasteiger partial charge in [-0.05, 0) is 25.7 Å². The summed E-state index contributed by atoms with van der Waals surface area (Å²) in [6, 6.07) is 1.37. The first-order valence-corrected chi connectivity index (χ1v) is 8.74. The molecule has 2 bridgehead atoms. The molecular formula is C17H26F3NO4. The Morgan fingerprint density at radius 3 is 2.48 bits per heavy atom. The molecule has 0 spiro atoms. The van der Waals surface area contributed by atoms with E-state index in [0.29, 0.717) is 18.8 Å². The van der Waals surface area contributed by atoms with Gasteiger partial charge < -0.3 is 14.6 Å². The Kier molecular flexibility index (Phi) is 7.27. The van der Waals surface area contributed by atoms with Crippen LogP contribution in [0.25, 0.3) is 0 Å². The van der Waals surface area contributed by atoms with E-state index >= 15 is 0 Å². The minimum Gasteiger partial charge on any atom is -0.475 e. The predicted octanol–water partition coefficient (Wildman–Crippen LogP) is 3.00. The second-order valence-corrected chi connectivity index (χ2v) is 6.62. The van der Waals surface area contributed by atoms with E-state index in [2.05, 4.69) is 11.5 Å². The van der Waals surface area contributed by atoms with E-state index in [1.807, 2.05) is 6.08 Å². The van der Waals surface area contributed by atoms with Crippen molar-refractivity contribution in [1.29, 1.82) is 0 Å². The molecule has 1 aliphatic heterocycles. The molecule has 3 unspecified atom stereocenters. The van der Waals surface area contributed by atoms with Crippen molar-refractivity contribution in [2.24, 2.45) is 0 Å². The van der Waals surface area contributed by atoms with Crippen molar-refractivity contribution in [3.63, 3.8) is 0 Å². The number of fused-ring (bicyclic) bond motifs is 2. The van der Waals surface area contributed by atoms with Gasteiger partial charge in [0.25, 0.3) is 0 Å². The van der Waals surface area contributed by atoms with Crippen molar-refractivity contribution in [1.82, 2.24) is 4.90 Å². The van der Waals surface area contributed by atoms with Gasteiger partial charge in [0.15, 0.2) is 0 Å². The van der Waals surface area contributed by atoms with Crippen LogP contribution in [-0.2, 0) is 14.3 Å². The Bertz CT molecular complexity index is 452. The summed E-state index contributed by atoms with van der Waals surface area (Å²) in [6.07, 6.45) is 5.30. The Labute approximate surface area is 145 Å². The summed E-state index contributed by atoms with van der Waals surface area (Å²) < 4.78 is 43.7. The normalized spacial score (nSPS) is 30.4. The molecule has 144 valence electrons. The lowest BCUT2D eigenvalue weighted by atomic mass is 10.1. The van der Waals surface area contributed by atoms with Gasteiger partial charge in [-0.3, -0.25) is 4.90 Å². The Morgan fingerprint density at radius 1 is 1.28 bits per heavy atom. The molecule has 0 amide bonds. The highest BCUT2D eigenvalue weighted by molar-refractivity contribution is 5.73. The maximum atomic E-state index is 10.6. The maximum absolute atomic E-state index is 10.6. The molecular weight excluding hydrogens is 339 g/mol. The molecule has 3 rings (SSSR count). The molecule has 0 aromatic heterocycles. The van der Waals surface area contributed by atoms with E-state index in [4.69, 9.17) is 19.4 Å². The van der Waals surface area contributed by atoms with Gasteiger partial charge in [0.05, 0.1) is 25.4 Å². The third kappa shape index (κ3) is 5.43. The van der Waals surface area contributed by atoms with Crippen LogP contribution >= 0.6 is 0 Å². The zero-order valence-corrected chi connectivity index (χ0v) is 14.2. The topological polar surface area (TPSA) is 59.0 Å². The van der Waals surface area contributed by atoms with Gasteiger partial charge in [-0.1, -0.05) is 18.9 Å². The number of ether oxygens (including phenoxy) is 2. The molecule has 1 N–H and O–H groups in total. The predicted molar refractivity (Wildman–Crippen MR) is 85.4 cm³/mol. The van der Waals surface area contributed by atoms with Crippen LogP contribution in [0.15, 0.2) is 12.7 Å². The first-order valence-electron chi connectivity index (χ1n) is 8.74. The first kappa shape index (κ1) is 20.2. The molecule has 5 nitrogen and oxygen atoms in total. The number of hydrogen-bond donors (Lipinski definition) is 1. The zero-order valence-electron chi connectivity index (χ0n) is 14.2. The van der Waals surface area contributed by atoms with Crippen LogP contribution in [0.4, 0.5) is 13.2 Å². The first-order chi connectivity index (χ1) is 11.8. The lowest BCUT2D eigenvalue weighted by Crippen LogP contribution is -2.47. The lowest BCUT2D eigenvalue weighted by Gasteiger charge is -2.35. The highest BCUT2D eigenvalue weighted by Gasteiger charge is 2.45. The fraction of sp³-hybridized carbons (Fsp3) is 0.824. The van der Waals surface area contributed by atoms with Crippen molar-refractivity contribution in [2.45, 2.75) is 69.0 Å². The summed E-state index contributed by atoms with van der Waals surface area (Å²) in [5, 5.41) is 7.12. The molecule has 2 saturated carbocycles. The van der Waals surface area contributed by atoms with Crippen LogP contribution < -0.4 is 0 Å². The highest BCUT2D eigenvalue weighted by atomic mass is 19.4. The van der Waals surface area contributed by atoms with Crippen LogP contribution in [0, 0.1) is 0 Å². The number of carbonyl (C=O) groups is 1. The van der Waals surface area contributed by atoms with Crippen molar-refractivity contribution in [3.8, 4) is 0 Å². The molecule has 0 aromatic carbocycles. The van der Waals surface area contributed by atoms with Crippen LogP contribution in [0.1, 0.15) is 38.5 Å². The summed E-state index contributed by atoms with van der Waals surface area (Å²) in [4.78, 5) is 11.6. The summed E-state index contributed by atoms with van der Waals surface area (Å²) in [5.41, 5.74) is 0. The number of nitrogens with zero attached hydrogens (tertiary/aromatic N) is 1. The number of rotatable bonds is 4. The van der Waals surface area contributed by atoms with E-state index in [-0.39, 0.29) is 6.10 Å². The molecule has 1 saturated heterocycles. The third-order valence-electron chi connectivity index (χ3n) is 5.04. The van der Waals surface area contributed by atoms with Gasteiger partial charge in [-0.2, -0.15) is 13.2 Å². The molecule has 8 heteroatoms. The molecule has 25 heavy (non-hydrogen) atoms. The highest BCUT2D eigenvalue weighted by Crippen LogP contribution is 2.36. The number of hydrogen-bond acceptors (Lipinski definition) is 4. The molecule has 3 fully saturated rings. The van der Waals surface area contributed by atoms with E-state index in [1.165, 1.54) is 32.1 Å². The van der Waals surface area contributed by atoms with Crippen molar-refractivity contribution in [3.05, 3.63) is 12.7 Å². The van der Waals surface area contributed by atoms with Crippen molar-refractivity contribution in [2.75, 3.05) is 19.8 Å². The van der Waals surface area contributed by atoms with E-state index in [9.17, 15) is 13.2 Å². The second kappa shape index (κ2) is 9.00. The Balaban J connectivity index is 0.000000277. The number of carboxylic acids is 1. The summed E-state index contributed by atoms with van der Waals surface area (Å²) >= 11 is 0. The van der Waals surface area contributed by atoms with Gasteiger partial charge in [-0.15, -0.1) is 6.58 Å². The van der Waals surface area contributed by atoms with Crippen LogP contribution in [-0.4, -0.2) is 66.2 Å². The maximum Gasteiger partial charge on any atom is 0.490 e. The molecule has 0 aromatic rings. The summed E-state index contributed by atoms with van der Waals surface area (Å²) in [7, 11) is 0. The molecule has 1 heterocycles. The van der Waals surface area contributed by atoms with Crippen molar-refractivity contribution >= 4 is 5.97 Å². The van der Waals surface area contributed by atoms with Crippen molar-refractivity contribution < 1.29 is 32.5 Å². The Hall–Kier alpha value is -1.12. The number of aliphatic carboxylic acids is 1. The van der Waals surface area contributed by atoms with Gasteiger partial charge in [-0.25, -0.2) is 4.79 Å². The summed E-state index contributed by atoms with van der Waals surface area (Å²) in [6.45, 7) is 6.39. The number of halogens is 3. The minimum atomic E-state index is -5.08. The number of carboxylic acid groups (broad SMARTS) is 1. The van der Waals surface area contributed by atoms with Gasteiger partial charge >= 0.3 is 12.1 Å². The van der Waals surface area contributed by atoms with E-state index in [0.717, 1.165) is 25.6 Å².